The molecule has 0 aromatic heterocycles. The molecule has 0 heterocycles. The van der Waals surface area contributed by atoms with Crippen LogP contribution >= 0.6 is 12.4 Å². The van der Waals surface area contributed by atoms with E-state index < -0.39 is 12.3 Å². The number of benzene rings is 1. The van der Waals surface area contributed by atoms with Gasteiger partial charge in [-0.1, -0.05) is 25.1 Å². The minimum absolute atomic E-state index is 0. The molecule has 0 aliphatic rings. The monoisotopic (exact) mass is 333 g/mol. The Morgan fingerprint density at radius 2 is 2.00 bits per heavy atom. The molecule has 0 saturated heterocycles. The summed E-state index contributed by atoms with van der Waals surface area (Å²) in [7, 11) is 0. The van der Waals surface area contributed by atoms with Gasteiger partial charge in [0.15, 0.2) is 0 Å². The summed E-state index contributed by atoms with van der Waals surface area (Å²) in [6.07, 6.45) is -0.649. The van der Waals surface area contributed by atoms with Gasteiger partial charge in [0.2, 0.25) is 6.36 Å². The van der Waals surface area contributed by atoms with Crippen molar-refractivity contribution in [1.82, 2.24) is 0 Å². The third kappa shape index (κ3) is 6.62. The Bertz CT molecular complexity index is 445. The minimum Gasteiger partial charge on any atom is -0.494 e. The first kappa shape index (κ1) is 20.7. The van der Waals surface area contributed by atoms with Crippen molar-refractivity contribution < 1.29 is 18.7 Å². The molecule has 0 aliphatic carbocycles. The van der Waals surface area contributed by atoms with Crippen LogP contribution in [0.15, 0.2) is 24.3 Å². The molecule has 0 fully saturated rings. The SMILES string of the molecule is CCCC(F)OC(=O)CC(CN)c1ccccc1OCC.Cl. The third-order valence-electron chi connectivity index (χ3n) is 3.13. The van der Waals surface area contributed by atoms with Gasteiger partial charge in [-0.05, 0) is 31.5 Å². The van der Waals surface area contributed by atoms with E-state index in [1.165, 1.54) is 0 Å². The molecule has 0 bridgehead atoms. The quantitative estimate of drug-likeness (QED) is 0.702. The van der Waals surface area contributed by atoms with E-state index in [2.05, 4.69) is 0 Å². The van der Waals surface area contributed by atoms with Crippen molar-refractivity contribution >= 4 is 18.4 Å². The number of hydrogen-bond acceptors (Lipinski definition) is 4. The molecule has 1 aromatic carbocycles. The summed E-state index contributed by atoms with van der Waals surface area (Å²) in [4.78, 5) is 11.8. The van der Waals surface area contributed by atoms with E-state index >= 15 is 0 Å². The Kier molecular flexibility index (Phi) is 10.6. The average Bonchev–Trinajstić information content (AvgIpc) is 2.46. The van der Waals surface area contributed by atoms with Gasteiger partial charge in [-0.15, -0.1) is 12.4 Å². The second-order valence-corrected chi connectivity index (χ2v) is 4.80. The fourth-order valence-electron chi connectivity index (χ4n) is 2.10. The van der Waals surface area contributed by atoms with Crippen molar-refractivity contribution in [3.63, 3.8) is 0 Å². The number of para-hydroxylation sites is 1. The van der Waals surface area contributed by atoms with Crippen LogP contribution in [-0.2, 0) is 9.53 Å². The number of halogens is 2. The Morgan fingerprint density at radius 3 is 2.59 bits per heavy atom. The summed E-state index contributed by atoms with van der Waals surface area (Å²) in [5, 5.41) is 0. The molecule has 0 radical (unpaired) electrons. The molecule has 2 atom stereocenters. The van der Waals surface area contributed by atoms with Crippen LogP contribution < -0.4 is 10.5 Å². The Balaban J connectivity index is 0.00000441. The van der Waals surface area contributed by atoms with E-state index in [9.17, 15) is 9.18 Å². The first-order valence-electron chi connectivity index (χ1n) is 7.37. The first-order valence-corrected chi connectivity index (χ1v) is 7.37. The third-order valence-corrected chi connectivity index (χ3v) is 3.13. The van der Waals surface area contributed by atoms with Gasteiger partial charge < -0.3 is 15.2 Å². The van der Waals surface area contributed by atoms with Gasteiger partial charge in [0.1, 0.15) is 5.75 Å². The van der Waals surface area contributed by atoms with Crippen LogP contribution in [0, 0.1) is 0 Å². The Hall–Kier alpha value is -1.33. The normalized spacial score (nSPS) is 12.9. The lowest BCUT2D eigenvalue weighted by molar-refractivity contribution is -0.158. The molecule has 0 saturated carbocycles. The first-order chi connectivity index (χ1) is 10.1. The average molecular weight is 334 g/mol. The maximum Gasteiger partial charge on any atom is 0.308 e. The zero-order valence-electron chi connectivity index (χ0n) is 13.1. The number of carbonyl (C=O) groups is 1. The second-order valence-electron chi connectivity index (χ2n) is 4.80. The number of hydrogen-bond donors (Lipinski definition) is 1. The summed E-state index contributed by atoms with van der Waals surface area (Å²) < 4.78 is 23.6. The highest BCUT2D eigenvalue weighted by atomic mass is 35.5. The van der Waals surface area contributed by atoms with Crippen LogP contribution in [0.5, 0.6) is 5.75 Å². The number of ether oxygens (including phenoxy) is 2. The molecule has 4 nitrogen and oxygen atoms in total. The maximum absolute atomic E-state index is 13.3. The summed E-state index contributed by atoms with van der Waals surface area (Å²) in [5.74, 6) is -0.111. The van der Waals surface area contributed by atoms with Crippen LogP contribution in [0.4, 0.5) is 4.39 Å². The van der Waals surface area contributed by atoms with Crippen molar-refractivity contribution in [2.45, 2.75) is 45.4 Å². The van der Waals surface area contributed by atoms with Crippen molar-refractivity contribution in [3.8, 4) is 5.75 Å². The highest BCUT2D eigenvalue weighted by Crippen LogP contribution is 2.29. The van der Waals surface area contributed by atoms with Crippen molar-refractivity contribution in [3.05, 3.63) is 29.8 Å². The molecule has 0 amide bonds. The van der Waals surface area contributed by atoms with Gasteiger partial charge in [-0.2, -0.15) is 0 Å². The Labute approximate surface area is 137 Å². The molecule has 6 heteroatoms. The standard InChI is InChI=1S/C16H24FNO3.ClH/c1-3-7-15(17)21-16(19)10-12(11-18)13-8-5-6-9-14(13)20-4-2;/h5-6,8-9,12,15H,3-4,7,10-11,18H2,1-2H3;1H. The van der Waals surface area contributed by atoms with Crippen LogP contribution in [-0.4, -0.2) is 25.5 Å². The zero-order valence-corrected chi connectivity index (χ0v) is 13.9. The number of carbonyl (C=O) groups excluding carboxylic acids is 1. The van der Waals surface area contributed by atoms with Gasteiger partial charge in [-0.25, -0.2) is 4.39 Å². The zero-order chi connectivity index (χ0) is 15.7. The molecule has 126 valence electrons. The molecule has 2 unspecified atom stereocenters. The number of esters is 1. The maximum atomic E-state index is 13.3. The van der Waals surface area contributed by atoms with Crippen LogP contribution in [0.2, 0.25) is 0 Å². The smallest absolute Gasteiger partial charge is 0.308 e. The fraction of sp³-hybridized carbons (Fsp3) is 0.562. The summed E-state index contributed by atoms with van der Waals surface area (Å²) in [6, 6.07) is 7.43. The highest BCUT2D eigenvalue weighted by molar-refractivity contribution is 5.85. The second kappa shape index (κ2) is 11.3. The predicted molar refractivity (Wildman–Crippen MR) is 87.2 cm³/mol. The highest BCUT2D eigenvalue weighted by Gasteiger charge is 2.21. The molecule has 1 rings (SSSR count). The lowest BCUT2D eigenvalue weighted by atomic mass is 9.95. The number of alkyl halides is 1. The molecule has 2 N–H and O–H groups in total. The van der Waals surface area contributed by atoms with E-state index in [1.54, 1.807) is 0 Å². The van der Waals surface area contributed by atoms with Crippen molar-refractivity contribution in [2.24, 2.45) is 5.73 Å². The number of nitrogens with two attached hydrogens (primary N) is 1. The van der Waals surface area contributed by atoms with Gasteiger partial charge in [0.25, 0.3) is 0 Å². The number of rotatable bonds is 9. The topological polar surface area (TPSA) is 61.5 Å². The summed E-state index contributed by atoms with van der Waals surface area (Å²) in [5.41, 5.74) is 6.60. The van der Waals surface area contributed by atoms with Crippen molar-refractivity contribution in [1.29, 1.82) is 0 Å². The van der Waals surface area contributed by atoms with Crippen LogP contribution in [0.3, 0.4) is 0 Å². The van der Waals surface area contributed by atoms with E-state index in [-0.39, 0.29) is 37.7 Å². The van der Waals surface area contributed by atoms with Gasteiger partial charge in [0.05, 0.1) is 13.0 Å². The van der Waals surface area contributed by atoms with Gasteiger partial charge in [-0.3, -0.25) is 4.79 Å². The van der Waals surface area contributed by atoms with Crippen LogP contribution in [0.25, 0.3) is 0 Å². The van der Waals surface area contributed by atoms with E-state index in [0.717, 1.165) is 5.56 Å². The molecule has 0 spiro atoms. The summed E-state index contributed by atoms with van der Waals surface area (Å²) >= 11 is 0. The minimum atomic E-state index is -1.54. The Morgan fingerprint density at radius 1 is 1.32 bits per heavy atom. The summed E-state index contributed by atoms with van der Waals surface area (Å²) in [6.45, 7) is 4.52. The molecule has 22 heavy (non-hydrogen) atoms. The van der Waals surface area contributed by atoms with E-state index in [0.29, 0.717) is 18.8 Å². The predicted octanol–water partition coefficient (Wildman–Crippen LogP) is 3.58. The molecule has 1 aromatic rings. The van der Waals surface area contributed by atoms with Gasteiger partial charge in [0, 0.05) is 12.3 Å². The van der Waals surface area contributed by atoms with Gasteiger partial charge >= 0.3 is 5.97 Å². The molecular formula is C16H25ClFNO3. The fourth-order valence-corrected chi connectivity index (χ4v) is 2.10. The molecule has 0 aliphatic heterocycles. The molecular weight excluding hydrogens is 309 g/mol. The van der Waals surface area contributed by atoms with E-state index in [1.807, 2.05) is 38.1 Å². The van der Waals surface area contributed by atoms with Crippen molar-refractivity contribution in [2.75, 3.05) is 13.2 Å². The van der Waals surface area contributed by atoms with E-state index in [4.69, 9.17) is 15.2 Å². The lowest BCUT2D eigenvalue weighted by Crippen LogP contribution is -2.21. The van der Waals surface area contributed by atoms with Crippen LogP contribution in [0.1, 0.15) is 44.6 Å². The lowest BCUT2D eigenvalue weighted by Gasteiger charge is -2.19. The largest absolute Gasteiger partial charge is 0.494 e.